The van der Waals surface area contributed by atoms with Crippen molar-refractivity contribution in [3.8, 4) is 0 Å². The molecule has 1 aromatic rings. The number of rotatable bonds is 4. The lowest BCUT2D eigenvalue weighted by Crippen LogP contribution is -2.31. The molecule has 0 saturated heterocycles. The number of hydrogen-bond donors (Lipinski definition) is 1. The van der Waals surface area contributed by atoms with Gasteiger partial charge < -0.3 is 5.32 Å². The number of nitrogens with zero attached hydrogens (tertiary/aromatic N) is 1. The Morgan fingerprint density at radius 3 is 3.00 bits per heavy atom. The van der Waals surface area contributed by atoms with Crippen molar-refractivity contribution in [1.82, 2.24) is 10.3 Å². The van der Waals surface area contributed by atoms with Crippen molar-refractivity contribution in [2.75, 3.05) is 0 Å². The molecule has 14 heavy (non-hydrogen) atoms. The lowest BCUT2D eigenvalue weighted by molar-refractivity contribution is 0.380. The average molecular weight is 210 g/mol. The second-order valence-electron chi connectivity index (χ2n) is 4.14. The van der Waals surface area contributed by atoms with Crippen LogP contribution in [0.5, 0.6) is 0 Å². The van der Waals surface area contributed by atoms with Crippen LogP contribution in [0.25, 0.3) is 0 Å². The Kier molecular flexibility index (Phi) is 3.54. The highest BCUT2D eigenvalue weighted by atomic mass is 32.1. The minimum Gasteiger partial charge on any atom is -0.308 e. The fourth-order valence-electron chi connectivity index (χ4n) is 2.21. The van der Waals surface area contributed by atoms with E-state index in [1.807, 2.05) is 11.6 Å². The minimum atomic E-state index is 0.654. The van der Waals surface area contributed by atoms with Crippen molar-refractivity contribution in [2.24, 2.45) is 5.92 Å². The fourth-order valence-corrected chi connectivity index (χ4v) is 2.78. The topological polar surface area (TPSA) is 24.9 Å². The zero-order chi connectivity index (χ0) is 9.80. The Labute approximate surface area is 89.8 Å². The summed E-state index contributed by atoms with van der Waals surface area (Å²) in [5.41, 5.74) is 0. The van der Waals surface area contributed by atoms with Crippen LogP contribution >= 0.6 is 11.3 Å². The Morgan fingerprint density at radius 1 is 1.57 bits per heavy atom. The molecule has 1 N–H and O–H groups in total. The quantitative estimate of drug-likeness (QED) is 0.826. The molecule has 0 radical (unpaired) electrons. The van der Waals surface area contributed by atoms with Gasteiger partial charge in [0.15, 0.2) is 0 Å². The maximum Gasteiger partial charge on any atom is 0.106 e. The number of nitrogens with one attached hydrogen (secondary N) is 1. The van der Waals surface area contributed by atoms with E-state index < -0.39 is 0 Å². The first-order chi connectivity index (χ1) is 6.86. The molecule has 0 bridgehead atoms. The van der Waals surface area contributed by atoms with Crippen LogP contribution in [-0.2, 0) is 6.54 Å². The molecule has 0 aliphatic heterocycles. The number of aromatic nitrogens is 1. The molecule has 1 atom stereocenters. The summed E-state index contributed by atoms with van der Waals surface area (Å²) in [4.78, 5) is 4.27. The van der Waals surface area contributed by atoms with Crippen LogP contribution in [0.15, 0.2) is 11.6 Å². The van der Waals surface area contributed by atoms with Gasteiger partial charge in [0.2, 0.25) is 0 Å². The smallest absolute Gasteiger partial charge is 0.106 e. The molecule has 3 heteroatoms. The average Bonchev–Trinajstić information content (AvgIpc) is 2.87. The van der Waals surface area contributed by atoms with E-state index in [0.29, 0.717) is 6.04 Å². The van der Waals surface area contributed by atoms with Gasteiger partial charge in [-0.25, -0.2) is 4.98 Å². The lowest BCUT2D eigenvalue weighted by atomic mass is 10.00. The lowest BCUT2D eigenvalue weighted by Gasteiger charge is -2.19. The maximum absolute atomic E-state index is 4.27. The molecule has 0 amide bonds. The van der Waals surface area contributed by atoms with Crippen molar-refractivity contribution < 1.29 is 0 Å². The first-order valence-electron chi connectivity index (χ1n) is 5.48. The van der Waals surface area contributed by atoms with Crippen molar-refractivity contribution in [3.63, 3.8) is 0 Å². The van der Waals surface area contributed by atoms with E-state index in [-0.39, 0.29) is 0 Å². The van der Waals surface area contributed by atoms with Crippen LogP contribution in [0.3, 0.4) is 0 Å². The summed E-state index contributed by atoms with van der Waals surface area (Å²) in [6.45, 7) is 3.25. The summed E-state index contributed by atoms with van der Waals surface area (Å²) in [6, 6.07) is 0.654. The van der Waals surface area contributed by atoms with E-state index in [1.165, 1.54) is 30.7 Å². The monoisotopic (exact) mass is 210 g/mol. The van der Waals surface area contributed by atoms with E-state index >= 15 is 0 Å². The van der Waals surface area contributed by atoms with Crippen LogP contribution in [0.1, 0.15) is 37.6 Å². The molecule has 1 unspecified atom stereocenters. The third-order valence-electron chi connectivity index (χ3n) is 3.17. The van der Waals surface area contributed by atoms with Gasteiger partial charge in [-0.05, 0) is 25.7 Å². The second-order valence-corrected chi connectivity index (χ2v) is 5.12. The Bertz CT molecular complexity index is 252. The van der Waals surface area contributed by atoms with Gasteiger partial charge in [0.1, 0.15) is 5.01 Å². The van der Waals surface area contributed by atoms with Gasteiger partial charge in [-0.15, -0.1) is 11.3 Å². The molecule has 2 rings (SSSR count). The number of thiazole rings is 1. The van der Waals surface area contributed by atoms with Crippen molar-refractivity contribution in [3.05, 3.63) is 16.6 Å². The molecule has 1 aromatic heterocycles. The summed E-state index contributed by atoms with van der Waals surface area (Å²) >= 11 is 1.73. The fraction of sp³-hybridized carbons (Fsp3) is 0.727. The normalized spacial score (nSPS) is 20.1. The second kappa shape index (κ2) is 4.89. The van der Waals surface area contributed by atoms with Crippen LogP contribution in [-0.4, -0.2) is 11.0 Å². The van der Waals surface area contributed by atoms with Crippen LogP contribution in [0.4, 0.5) is 0 Å². The highest BCUT2D eigenvalue weighted by Gasteiger charge is 2.20. The number of hydrogen-bond acceptors (Lipinski definition) is 3. The van der Waals surface area contributed by atoms with Gasteiger partial charge >= 0.3 is 0 Å². The molecule has 1 fully saturated rings. The van der Waals surface area contributed by atoms with Crippen LogP contribution < -0.4 is 5.32 Å². The van der Waals surface area contributed by atoms with E-state index in [0.717, 1.165) is 12.5 Å². The standard InChI is InChI=1S/C11H18N2S/c1-9(10-4-2-3-5-10)13-8-11-12-6-7-14-11/h6-7,9-10,13H,2-5,8H2,1H3. The zero-order valence-corrected chi connectivity index (χ0v) is 9.52. The Hall–Kier alpha value is -0.410. The summed E-state index contributed by atoms with van der Waals surface area (Å²) in [7, 11) is 0. The highest BCUT2D eigenvalue weighted by molar-refractivity contribution is 7.09. The zero-order valence-electron chi connectivity index (χ0n) is 8.70. The molecule has 1 aliphatic rings. The minimum absolute atomic E-state index is 0.654. The molecular weight excluding hydrogens is 192 g/mol. The van der Waals surface area contributed by atoms with Crippen molar-refractivity contribution in [2.45, 2.75) is 45.2 Å². The first kappa shape index (κ1) is 10.1. The van der Waals surface area contributed by atoms with Crippen LogP contribution in [0, 0.1) is 5.92 Å². The molecule has 1 saturated carbocycles. The summed E-state index contributed by atoms with van der Waals surface area (Å²) < 4.78 is 0. The van der Waals surface area contributed by atoms with Gasteiger partial charge in [0.05, 0.1) is 0 Å². The SMILES string of the molecule is CC(NCc1nccs1)C1CCCC1. The molecule has 0 spiro atoms. The van der Waals surface area contributed by atoms with E-state index in [1.54, 1.807) is 11.3 Å². The van der Waals surface area contributed by atoms with Crippen molar-refractivity contribution >= 4 is 11.3 Å². The van der Waals surface area contributed by atoms with E-state index in [9.17, 15) is 0 Å². The molecule has 78 valence electrons. The van der Waals surface area contributed by atoms with E-state index in [2.05, 4.69) is 17.2 Å². The third kappa shape index (κ3) is 2.55. The summed E-state index contributed by atoms with van der Waals surface area (Å²) in [5.74, 6) is 0.898. The third-order valence-corrected chi connectivity index (χ3v) is 3.95. The van der Waals surface area contributed by atoms with E-state index in [4.69, 9.17) is 0 Å². The molecule has 2 nitrogen and oxygen atoms in total. The Balaban J connectivity index is 1.74. The highest BCUT2D eigenvalue weighted by Crippen LogP contribution is 2.27. The van der Waals surface area contributed by atoms with Gasteiger partial charge in [-0.2, -0.15) is 0 Å². The van der Waals surface area contributed by atoms with Gasteiger partial charge in [-0.3, -0.25) is 0 Å². The maximum atomic E-state index is 4.27. The predicted octanol–water partition coefficient (Wildman–Crippen LogP) is 2.81. The predicted molar refractivity (Wildman–Crippen MR) is 60.4 cm³/mol. The first-order valence-corrected chi connectivity index (χ1v) is 6.36. The molecule has 0 aromatic carbocycles. The van der Waals surface area contributed by atoms with Gasteiger partial charge in [0, 0.05) is 24.2 Å². The Morgan fingerprint density at radius 2 is 2.36 bits per heavy atom. The molecule has 1 aliphatic carbocycles. The molecular formula is C11H18N2S. The molecule has 1 heterocycles. The van der Waals surface area contributed by atoms with Gasteiger partial charge in [-0.1, -0.05) is 12.8 Å². The van der Waals surface area contributed by atoms with Crippen molar-refractivity contribution in [1.29, 1.82) is 0 Å². The van der Waals surface area contributed by atoms with Gasteiger partial charge in [0.25, 0.3) is 0 Å². The summed E-state index contributed by atoms with van der Waals surface area (Å²) in [6.07, 6.45) is 7.54. The van der Waals surface area contributed by atoms with Crippen LogP contribution in [0.2, 0.25) is 0 Å². The largest absolute Gasteiger partial charge is 0.308 e. The summed E-state index contributed by atoms with van der Waals surface area (Å²) in [5, 5.41) is 6.82.